The number of likely N-dealkylation sites (tertiary alicyclic amines) is 1. The summed E-state index contributed by atoms with van der Waals surface area (Å²) in [5.74, 6) is -1.67. The SMILES string of the molecule is CC1CCN(C(=O)N[C@H](CCCC(=O)O)C(=O)O)C1. The molecule has 2 atom stereocenters. The Bertz CT molecular complexity index is 358. The van der Waals surface area contributed by atoms with E-state index in [0.29, 0.717) is 19.0 Å². The quantitative estimate of drug-likeness (QED) is 0.661. The van der Waals surface area contributed by atoms with Crippen molar-refractivity contribution < 1.29 is 24.6 Å². The number of urea groups is 1. The molecule has 1 fully saturated rings. The number of amides is 2. The van der Waals surface area contributed by atoms with Gasteiger partial charge < -0.3 is 20.4 Å². The van der Waals surface area contributed by atoms with Crippen molar-refractivity contribution in [1.29, 1.82) is 0 Å². The lowest BCUT2D eigenvalue weighted by Gasteiger charge is -2.20. The van der Waals surface area contributed by atoms with Crippen LogP contribution in [0.3, 0.4) is 0 Å². The van der Waals surface area contributed by atoms with Crippen LogP contribution in [0.25, 0.3) is 0 Å². The maximum atomic E-state index is 11.8. The Balaban J connectivity index is 2.42. The fourth-order valence-corrected chi connectivity index (χ4v) is 2.07. The zero-order valence-electron chi connectivity index (χ0n) is 11.0. The maximum absolute atomic E-state index is 11.8. The van der Waals surface area contributed by atoms with Crippen molar-refractivity contribution in [3.63, 3.8) is 0 Å². The molecule has 2 amide bonds. The van der Waals surface area contributed by atoms with Crippen molar-refractivity contribution in [3.8, 4) is 0 Å². The van der Waals surface area contributed by atoms with E-state index < -0.39 is 18.0 Å². The van der Waals surface area contributed by atoms with Gasteiger partial charge in [-0.15, -0.1) is 0 Å². The zero-order chi connectivity index (χ0) is 14.4. The van der Waals surface area contributed by atoms with Gasteiger partial charge in [-0.05, 0) is 25.2 Å². The molecule has 0 aromatic rings. The van der Waals surface area contributed by atoms with Crippen LogP contribution in [-0.2, 0) is 9.59 Å². The number of carboxylic acid groups (broad SMARTS) is 2. The number of rotatable bonds is 6. The van der Waals surface area contributed by atoms with Crippen LogP contribution in [0.15, 0.2) is 0 Å². The smallest absolute Gasteiger partial charge is 0.326 e. The second kappa shape index (κ2) is 6.96. The summed E-state index contributed by atoms with van der Waals surface area (Å²) < 4.78 is 0. The highest BCUT2D eigenvalue weighted by Gasteiger charge is 2.27. The van der Waals surface area contributed by atoms with Crippen LogP contribution in [0.1, 0.15) is 32.6 Å². The minimum Gasteiger partial charge on any atom is -0.481 e. The standard InChI is InChI=1S/C12H20N2O5/c1-8-5-6-14(7-8)12(19)13-9(11(17)18)3-2-4-10(15)16/h8-9H,2-7H2,1H3,(H,13,19)(H,15,16)(H,17,18)/t8?,9-/m1/s1. The van der Waals surface area contributed by atoms with E-state index >= 15 is 0 Å². The molecule has 0 saturated carbocycles. The molecule has 3 N–H and O–H groups in total. The highest BCUT2D eigenvalue weighted by Crippen LogP contribution is 2.15. The van der Waals surface area contributed by atoms with E-state index in [1.165, 1.54) is 0 Å². The van der Waals surface area contributed by atoms with Crippen LogP contribution in [0, 0.1) is 5.92 Å². The summed E-state index contributed by atoms with van der Waals surface area (Å²) in [4.78, 5) is 34.8. The highest BCUT2D eigenvalue weighted by atomic mass is 16.4. The molecular formula is C12H20N2O5. The molecule has 0 aliphatic carbocycles. The molecule has 0 radical (unpaired) electrons. The first-order chi connectivity index (χ1) is 8.90. The van der Waals surface area contributed by atoms with Gasteiger partial charge in [0, 0.05) is 19.5 Å². The Morgan fingerprint density at radius 3 is 2.53 bits per heavy atom. The average Bonchev–Trinajstić information content (AvgIpc) is 2.73. The third-order valence-electron chi connectivity index (χ3n) is 3.19. The lowest BCUT2D eigenvalue weighted by molar-refractivity contribution is -0.140. The van der Waals surface area contributed by atoms with Crippen molar-refractivity contribution in [2.24, 2.45) is 5.92 Å². The van der Waals surface area contributed by atoms with Gasteiger partial charge in [0.15, 0.2) is 0 Å². The molecule has 19 heavy (non-hydrogen) atoms. The van der Waals surface area contributed by atoms with Gasteiger partial charge in [0.1, 0.15) is 6.04 Å². The van der Waals surface area contributed by atoms with Crippen molar-refractivity contribution in [2.75, 3.05) is 13.1 Å². The summed E-state index contributed by atoms with van der Waals surface area (Å²) in [6, 6.07) is -1.41. The molecule has 7 nitrogen and oxygen atoms in total. The van der Waals surface area contributed by atoms with Crippen LogP contribution in [-0.4, -0.2) is 52.2 Å². The predicted octanol–water partition coefficient (Wildman–Crippen LogP) is 0.746. The van der Waals surface area contributed by atoms with E-state index in [1.54, 1.807) is 4.90 Å². The van der Waals surface area contributed by atoms with E-state index in [2.05, 4.69) is 5.32 Å². The third-order valence-corrected chi connectivity index (χ3v) is 3.19. The minimum atomic E-state index is -1.13. The molecule has 1 aliphatic heterocycles. The van der Waals surface area contributed by atoms with Gasteiger partial charge in [0.25, 0.3) is 0 Å². The number of carbonyl (C=O) groups excluding carboxylic acids is 1. The highest BCUT2D eigenvalue weighted by molar-refractivity contribution is 5.82. The maximum Gasteiger partial charge on any atom is 0.326 e. The molecule has 0 bridgehead atoms. The molecule has 0 aromatic heterocycles. The summed E-state index contributed by atoms with van der Waals surface area (Å²) in [6.07, 6.45) is 1.17. The summed E-state index contributed by atoms with van der Waals surface area (Å²) in [6.45, 7) is 3.30. The van der Waals surface area contributed by atoms with Crippen LogP contribution < -0.4 is 5.32 Å². The lowest BCUT2D eigenvalue weighted by Crippen LogP contribution is -2.47. The molecule has 108 valence electrons. The fraction of sp³-hybridized carbons (Fsp3) is 0.750. The molecule has 1 heterocycles. The van der Waals surface area contributed by atoms with Crippen molar-refractivity contribution in [2.45, 2.75) is 38.6 Å². The third kappa shape index (κ3) is 5.15. The summed E-state index contributed by atoms with van der Waals surface area (Å²) in [5.41, 5.74) is 0. The van der Waals surface area contributed by atoms with Gasteiger partial charge in [0.05, 0.1) is 0 Å². The monoisotopic (exact) mass is 272 g/mol. The molecule has 1 rings (SSSR count). The van der Waals surface area contributed by atoms with Gasteiger partial charge >= 0.3 is 18.0 Å². The van der Waals surface area contributed by atoms with Gasteiger partial charge in [-0.25, -0.2) is 9.59 Å². The first-order valence-corrected chi connectivity index (χ1v) is 6.40. The van der Waals surface area contributed by atoms with Gasteiger partial charge in [-0.3, -0.25) is 4.79 Å². The van der Waals surface area contributed by atoms with Gasteiger partial charge in [-0.1, -0.05) is 6.92 Å². The van der Waals surface area contributed by atoms with Gasteiger partial charge in [-0.2, -0.15) is 0 Å². The number of aliphatic carboxylic acids is 2. The van der Waals surface area contributed by atoms with Gasteiger partial charge in [0.2, 0.25) is 0 Å². The van der Waals surface area contributed by atoms with Crippen LogP contribution in [0.2, 0.25) is 0 Å². The molecule has 0 aromatic carbocycles. The predicted molar refractivity (Wildman–Crippen MR) is 66.8 cm³/mol. The molecule has 1 aliphatic rings. The normalized spacial score (nSPS) is 20.1. The molecular weight excluding hydrogens is 252 g/mol. The number of nitrogens with one attached hydrogen (secondary N) is 1. The topological polar surface area (TPSA) is 107 Å². The summed E-state index contributed by atoms with van der Waals surface area (Å²) >= 11 is 0. The Morgan fingerprint density at radius 1 is 1.37 bits per heavy atom. The van der Waals surface area contributed by atoms with E-state index in [0.717, 1.165) is 6.42 Å². The van der Waals surface area contributed by atoms with Crippen LogP contribution >= 0.6 is 0 Å². The number of carbonyl (C=O) groups is 3. The average molecular weight is 272 g/mol. The first-order valence-electron chi connectivity index (χ1n) is 6.40. The number of hydrogen-bond donors (Lipinski definition) is 3. The van der Waals surface area contributed by atoms with Crippen LogP contribution in [0.5, 0.6) is 0 Å². The van der Waals surface area contributed by atoms with Crippen molar-refractivity contribution >= 4 is 18.0 Å². The Hall–Kier alpha value is -1.79. The number of hydrogen-bond acceptors (Lipinski definition) is 3. The second-order valence-electron chi connectivity index (χ2n) is 4.97. The molecule has 0 spiro atoms. The molecule has 7 heteroatoms. The molecule has 1 unspecified atom stereocenters. The van der Waals surface area contributed by atoms with Crippen LogP contribution in [0.4, 0.5) is 4.79 Å². The van der Waals surface area contributed by atoms with Crippen molar-refractivity contribution in [1.82, 2.24) is 10.2 Å². The lowest BCUT2D eigenvalue weighted by atomic mass is 10.1. The zero-order valence-corrected chi connectivity index (χ0v) is 11.0. The Labute approximate surface area is 111 Å². The Kier molecular flexibility index (Phi) is 5.59. The van der Waals surface area contributed by atoms with E-state index in [4.69, 9.17) is 10.2 Å². The second-order valence-corrected chi connectivity index (χ2v) is 4.97. The van der Waals surface area contributed by atoms with Crippen molar-refractivity contribution in [3.05, 3.63) is 0 Å². The fourth-order valence-electron chi connectivity index (χ4n) is 2.07. The number of nitrogens with zero attached hydrogens (tertiary/aromatic N) is 1. The summed E-state index contributed by atoms with van der Waals surface area (Å²) in [7, 11) is 0. The Morgan fingerprint density at radius 2 is 2.05 bits per heavy atom. The number of carboxylic acids is 2. The minimum absolute atomic E-state index is 0.0968. The largest absolute Gasteiger partial charge is 0.481 e. The first kappa shape index (κ1) is 15.3. The van der Waals surface area contributed by atoms with E-state index in [-0.39, 0.29) is 25.3 Å². The molecule has 1 saturated heterocycles. The summed E-state index contributed by atoms with van der Waals surface area (Å²) in [5, 5.41) is 20.0. The van der Waals surface area contributed by atoms with E-state index in [9.17, 15) is 14.4 Å². The van der Waals surface area contributed by atoms with E-state index in [1.807, 2.05) is 6.92 Å².